The molecule has 0 spiro atoms. The summed E-state index contributed by atoms with van der Waals surface area (Å²) in [6, 6.07) is 6.38. The molecule has 2 fully saturated rings. The topological polar surface area (TPSA) is 53.0 Å². The maximum Gasteiger partial charge on any atom is 0.219 e. The Balaban J connectivity index is 1.72. The van der Waals surface area contributed by atoms with E-state index >= 15 is 0 Å². The van der Waals surface area contributed by atoms with E-state index in [1.807, 2.05) is 0 Å². The van der Waals surface area contributed by atoms with Crippen molar-refractivity contribution < 1.29 is 19.0 Å². The first-order chi connectivity index (χ1) is 13.0. The van der Waals surface area contributed by atoms with Crippen LogP contribution in [0.15, 0.2) is 24.3 Å². The standard InChI is InChI=1S/C21H31FN2O3/c1-17(25)23-11-12-24(19-8-4-2-3-5-9-19)15-21(26,14-23)16-27-20-10-6-7-18(22)13-20/h6-7,10,13,19,26H,2-5,8-9,11-12,14-16H2,1H3. The summed E-state index contributed by atoms with van der Waals surface area (Å²) in [7, 11) is 0. The Morgan fingerprint density at radius 3 is 2.63 bits per heavy atom. The second-order valence-corrected chi connectivity index (χ2v) is 8.03. The molecule has 1 aromatic rings. The number of amides is 1. The molecule has 1 aromatic carbocycles. The van der Waals surface area contributed by atoms with Crippen molar-refractivity contribution in [2.24, 2.45) is 0 Å². The van der Waals surface area contributed by atoms with E-state index in [1.54, 1.807) is 17.0 Å². The summed E-state index contributed by atoms with van der Waals surface area (Å²) in [6.07, 6.45) is 7.27. The quantitative estimate of drug-likeness (QED) is 0.819. The average molecular weight is 378 g/mol. The molecule has 0 radical (unpaired) electrons. The van der Waals surface area contributed by atoms with Gasteiger partial charge in [0, 0.05) is 38.7 Å². The zero-order valence-electron chi connectivity index (χ0n) is 16.2. The number of carbonyl (C=O) groups is 1. The monoisotopic (exact) mass is 378 g/mol. The van der Waals surface area contributed by atoms with E-state index in [1.165, 1.54) is 44.7 Å². The number of aliphatic hydroxyl groups is 1. The zero-order chi connectivity index (χ0) is 19.3. The molecule has 0 bridgehead atoms. The summed E-state index contributed by atoms with van der Waals surface area (Å²) >= 11 is 0. The van der Waals surface area contributed by atoms with Gasteiger partial charge in [0.15, 0.2) is 0 Å². The van der Waals surface area contributed by atoms with E-state index in [0.717, 1.165) is 19.4 Å². The smallest absolute Gasteiger partial charge is 0.219 e. The maximum atomic E-state index is 13.4. The number of ether oxygens (including phenoxy) is 1. The molecule has 27 heavy (non-hydrogen) atoms. The third-order valence-electron chi connectivity index (χ3n) is 5.73. The Morgan fingerprint density at radius 2 is 1.96 bits per heavy atom. The molecular weight excluding hydrogens is 347 g/mol. The highest BCUT2D eigenvalue weighted by molar-refractivity contribution is 5.73. The van der Waals surface area contributed by atoms with Crippen LogP contribution in [0.1, 0.15) is 45.4 Å². The minimum absolute atomic E-state index is 0.0312. The van der Waals surface area contributed by atoms with Crippen LogP contribution in [0, 0.1) is 5.82 Å². The van der Waals surface area contributed by atoms with E-state index in [-0.39, 0.29) is 24.9 Å². The van der Waals surface area contributed by atoms with Crippen LogP contribution in [-0.2, 0) is 4.79 Å². The first-order valence-electron chi connectivity index (χ1n) is 10.1. The van der Waals surface area contributed by atoms with Crippen molar-refractivity contribution >= 4 is 5.91 Å². The van der Waals surface area contributed by atoms with E-state index in [9.17, 15) is 14.3 Å². The molecule has 1 atom stereocenters. The number of hydrogen-bond acceptors (Lipinski definition) is 4. The minimum atomic E-state index is -1.18. The number of halogens is 1. The van der Waals surface area contributed by atoms with Gasteiger partial charge in [-0.05, 0) is 25.0 Å². The molecule has 5 nitrogen and oxygen atoms in total. The van der Waals surface area contributed by atoms with Crippen molar-refractivity contribution in [2.75, 3.05) is 32.8 Å². The van der Waals surface area contributed by atoms with Crippen LogP contribution < -0.4 is 4.74 Å². The molecule has 6 heteroatoms. The SMILES string of the molecule is CC(=O)N1CCN(C2CCCCCC2)CC(O)(COc2cccc(F)c2)C1. The third kappa shape index (κ3) is 5.66. The van der Waals surface area contributed by atoms with Crippen molar-refractivity contribution in [3.8, 4) is 5.75 Å². The molecule has 1 heterocycles. The molecular formula is C21H31FN2O3. The number of hydrogen-bond donors (Lipinski definition) is 1. The highest BCUT2D eigenvalue weighted by Gasteiger charge is 2.38. The highest BCUT2D eigenvalue weighted by Crippen LogP contribution is 2.26. The number of benzene rings is 1. The number of nitrogens with zero attached hydrogens (tertiary/aromatic N) is 2. The van der Waals surface area contributed by atoms with Gasteiger partial charge in [-0.3, -0.25) is 9.69 Å². The van der Waals surface area contributed by atoms with Gasteiger partial charge in [-0.25, -0.2) is 4.39 Å². The zero-order valence-corrected chi connectivity index (χ0v) is 16.2. The van der Waals surface area contributed by atoms with Crippen LogP contribution in [0.25, 0.3) is 0 Å². The van der Waals surface area contributed by atoms with Crippen LogP contribution in [0.4, 0.5) is 4.39 Å². The van der Waals surface area contributed by atoms with Crippen molar-refractivity contribution in [3.05, 3.63) is 30.1 Å². The van der Waals surface area contributed by atoms with Crippen molar-refractivity contribution in [1.82, 2.24) is 9.80 Å². The lowest BCUT2D eigenvalue weighted by Crippen LogP contribution is -2.53. The van der Waals surface area contributed by atoms with E-state index in [0.29, 0.717) is 24.9 Å². The summed E-state index contributed by atoms with van der Waals surface area (Å²) in [5, 5.41) is 11.3. The second kappa shape index (κ2) is 9.02. The van der Waals surface area contributed by atoms with Gasteiger partial charge < -0.3 is 14.7 Å². The molecule has 1 unspecified atom stereocenters. The van der Waals surface area contributed by atoms with Crippen LogP contribution >= 0.6 is 0 Å². The molecule has 1 saturated carbocycles. The maximum absolute atomic E-state index is 13.4. The number of carbonyl (C=O) groups excluding carboxylic acids is 1. The van der Waals surface area contributed by atoms with Crippen molar-refractivity contribution in [3.63, 3.8) is 0 Å². The van der Waals surface area contributed by atoms with Crippen LogP contribution in [0.3, 0.4) is 0 Å². The van der Waals surface area contributed by atoms with Gasteiger partial charge in [0.25, 0.3) is 0 Å². The lowest BCUT2D eigenvalue weighted by Gasteiger charge is -2.36. The fourth-order valence-electron chi connectivity index (χ4n) is 4.26. The summed E-state index contributed by atoms with van der Waals surface area (Å²) in [4.78, 5) is 16.0. The average Bonchev–Trinajstić information content (AvgIpc) is 3.00. The molecule has 1 amide bonds. The fourth-order valence-corrected chi connectivity index (χ4v) is 4.26. The molecule has 1 aliphatic carbocycles. The largest absolute Gasteiger partial charge is 0.490 e. The molecule has 3 rings (SSSR count). The van der Waals surface area contributed by atoms with Crippen LogP contribution in [-0.4, -0.2) is 65.2 Å². The summed E-state index contributed by atoms with van der Waals surface area (Å²) in [5.74, 6) is -0.0178. The van der Waals surface area contributed by atoms with Crippen molar-refractivity contribution in [1.29, 1.82) is 0 Å². The molecule has 150 valence electrons. The predicted molar refractivity (Wildman–Crippen MR) is 102 cm³/mol. The van der Waals surface area contributed by atoms with Gasteiger partial charge in [-0.15, -0.1) is 0 Å². The Morgan fingerprint density at radius 1 is 1.22 bits per heavy atom. The Labute approximate surface area is 161 Å². The third-order valence-corrected chi connectivity index (χ3v) is 5.73. The van der Waals surface area contributed by atoms with Crippen LogP contribution in [0.5, 0.6) is 5.75 Å². The van der Waals surface area contributed by atoms with Crippen LogP contribution in [0.2, 0.25) is 0 Å². The number of rotatable bonds is 4. The van der Waals surface area contributed by atoms with E-state index < -0.39 is 5.60 Å². The molecule has 1 aliphatic heterocycles. The molecule has 1 N–H and O–H groups in total. The minimum Gasteiger partial charge on any atom is -0.490 e. The Hall–Kier alpha value is -1.66. The predicted octanol–water partition coefficient (Wildman–Crippen LogP) is 2.82. The van der Waals surface area contributed by atoms with Gasteiger partial charge >= 0.3 is 0 Å². The van der Waals surface area contributed by atoms with E-state index in [2.05, 4.69) is 4.90 Å². The second-order valence-electron chi connectivity index (χ2n) is 8.03. The normalized spacial score (nSPS) is 25.7. The lowest BCUT2D eigenvalue weighted by atomic mass is 10.0. The molecule has 0 aromatic heterocycles. The Kier molecular flexibility index (Phi) is 6.71. The van der Waals surface area contributed by atoms with Gasteiger partial charge in [0.05, 0.1) is 6.54 Å². The lowest BCUT2D eigenvalue weighted by molar-refractivity contribution is -0.132. The summed E-state index contributed by atoms with van der Waals surface area (Å²) < 4.78 is 19.1. The van der Waals surface area contributed by atoms with E-state index in [4.69, 9.17) is 4.74 Å². The molecule has 1 saturated heterocycles. The fraction of sp³-hybridized carbons (Fsp3) is 0.667. The van der Waals surface area contributed by atoms with Crippen molar-refractivity contribution in [2.45, 2.75) is 57.1 Å². The molecule has 2 aliphatic rings. The van der Waals surface area contributed by atoms with Gasteiger partial charge in [-0.2, -0.15) is 0 Å². The summed E-state index contributed by atoms with van der Waals surface area (Å²) in [5.41, 5.74) is -1.18. The van der Waals surface area contributed by atoms with Gasteiger partial charge in [-0.1, -0.05) is 31.7 Å². The first kappa shape index (κ1) is 20.1. The number of β-amino-alcohol motifs (C(OH)–C–C–N with tert-alkyl or cyclic N) is 1. The summed E-state index contributed by atoms with van der Waals surface area (Å²) in [6.45, 7) is 3.66. The highest BCUT2D eigenvalue weighted by atomic mass is 19.1. The Bertz CT molecular complexity index is 634. The first-order valence-corrected chi connectivity index (χ1v) is 10.1. The van der Waals surface area contributed by atoms with Gasteiger partial charge in [0.2, 0.25) is 5.91 Å². The van der Waals surface area contributed by atoms with Gasteiger partial charge in [0.1, 0.15) is 23.8 Å².